The van der Waals surface area contributed by atoms with Crippen molar-refractivity contribution in [3.05, 3.63) is 9.91 Å². The standard InChI is InChI=1S/C5H8.In.H/c1-3-5-4-2;;/h1,3-4H,5H2,2H3;;. The summed E-state index contributed by atoms with van der Waals surface area (Å²) < 4.78 is 3.61. The average Bonchev–Trinajstić information content (AvgIpc) is 1.86. The van der Waals surface area contributed by atoms with E-state index in [0.29, 0.717) is 0 Å². The second kappa shape index (κ2) is 2.06. The van der Waals surface area contributed by atoms with Crippen molar-refractivity contribution in [3.8, 4) is 0 Å². The molecule has 1 heterocycles. The quantitative estimate of drug-likeness (QED) is 0.529. The molecule has 0 saturated carbocycles. The number of allylic oxidation sites excluding steroid dienone is 1. The molecule has 0 fully saturated rings. The molecular formula is C5H9In. The van der Waals surface area contributed by atoms with E-state index in [4.69, 9.17) is 0 Å². The predicted octanol–water partition coefficient (Wildman–Crippen LogP) is 1.15. The van der Waals surface area contributed by atoms with Gasteiger partial charge in [-0.25, -0.2) is 0 Å². The van der Waals surface area contributed by atoms with Crippen LogP contribution in [-0.4, -0.2) is 22.9 Å². The van der Waals surface area contributed by atoms with Crippen LogP contribution >= 0.6 is 0 Å². The summed E-state index contributed by atoms with van der Waals surface area (Å²) in [5.74, 6) is 0. The minimum absolute atomic E-state index is 0.234. The first kappa shape index (κ1) is 4.76. The third kappa shape index (κ3) is 1.04. The van der Waals surface area contributed by atoms with Gasteiger partial charge in [-0.15, -0.1) is 0 Å². The van der Waals surface area contributed by atoms with Crippen LogP contribution in [0.5, 0.6) is 0 Å². The van der Waals surface area contributed by atoms with Gasteiger partial charge in [-0.1, -0.05) is 0 Å². The maximum absolute atomic E-state index is 2.46. The van der Waals surface area contributed by atoms with Gasteiger partial charge in [0.25, 0.3) is 0 Å². The summed E-state index contributed by atoms with van der Waals surface area (Å²) >= 11 is -0.234. The zero-order valence-corrected chi connectivity index (χ0v) is 8.18. The SMILES string of the molecule is C[CH]1CC=[CH][InH]1. The third-order valence-corrected chi connectivity index (χ3v) is 6.22. The van der Waals surface area contributed by atoms with Crippen molar-refractivity contribution in [2.45, 2.75) is 17.0 Å². The summed E-state index contributed by atoms with van der Waals surface area (Å²) in [6.45, 7) is 2.37. The monoisotopic (exact) mass is 184 g/mol. The van der Waals surface area contributed by atoms with E-state index in [1.165, 1.54) is 6.42 Å². The molecule has 0 aromatic rings. The fourth-order valence-corrected chi connectivity index (χ4v) is 4.28. The molecule has 0 nitrogen and oxygen atoms in total. The Hall–Kier alpha value is 0.610. The zero-order valence-electron chi connectivity index (χ0n) is 4.15. The van der Waals surface area contributed by atoms with Gasteiger partial charge in [0, 0.05) is 0 Å². The first-order valence-electron chi connectivity index (χ1n) is 2.54. The van der Waals surface area contributed by atoms with Gasteiger partial charge in [0.1, 0.15) is 0 Å². The van der Waals surface area contributed by atoms with Crippen molar-refractivity contribution in [1.29, 1.82) is 0 Å². The Morgan fingerprint density at radius 3 is 2.83 bits per heavy atom. The Bertz CT molecular complexity index is 58.3. The van der Waals surface area contributed by atoms with Crippen LogP contribution in [0.4, 0.5) is 0 Å². The van der Waals surface area contributed by atoms with Crippen LogP contribution in [0.15, 0.2) is 9.91 Å². The molecule has 0 aliphatic carbocycles. The molecule has 0 amide bonds. The van der Waals surface area contributed by atoms with Gasteiger partial charge >= 0.3 is 49.8 Å². The Balaban J connectivity index is 2.32. The van der Waals surface area contributed by atoms with Crippen LogP contribution in [0.25, 0.3) is 0 Å². The van der Waals surface area contributed by atoms with Gasteiger partial charge < -0.3 is 0 Å². The van der Waals surface area contributed by atoms with Crippen molar-refractivity contribution >= 4 is 22.9 Å². The molecule has 6 heavy (non-hydrogen) atoms. The molecule has 1 heteroatoms. The maximum atomic E-state index is 2.46. The molecule has 0 N–H and O–H groups in total. The van der Waals surface area contributed by atoms with Crippen LogP contribution in [0.3, 0.4) is 0 Å². The molecule has 0 bridgehead atoms. The van der Waals surface area contributed by atoms with E-state index >= 15 is 0 Å². The average molecular weight is 184 g/mol. The van der Waals surface area contributed by atoms with Gasteiger partial charge in [-0.2, -0.15) is 0 Å². The first-order chi connectivity index (χ1) is 2.89. The number of rotatable bonds is 0. The van der Waals surface area contributed by atoms with Crippen LogP contribution in [0, 0.1) is 0 Å². The second-order valence-corrected chi connectivity index (χ2v) is 8.72. The van der Waals surface area contributed by atoms with Gasteiger partial charge in [-0.05, 0) is 0 Å². The Labute approximate surface area is 50.0 Å². The molecule has 0 saturated heterocycles. The van der Waals surface area contributed by atoms with E-state index in [2.05, 4.69) is 16.8 Å². The Morgan fingerprint density at radius 1 is 1.83 bits per heavy atom. The van der Waals surface area contributed by atoms with E-state index in [0.717, 1.165) is 3.67 Å². The van der Waals surface area contributed by atoms with E-state index in [1.807, 2.05) is 0 Å². The molecule has 1 atom stereocenters. The molecular weight excluding hydrogens is 175 g/mol. The van der Waals surface area contributed by atoms with E-state index in [1.54, 1.807) is 0 Å². The molecule has 1 aliphatic rings. The molecule has 0 spiro atoms. The Kier molecular flexibility index (Phi) is 1.63. The molecule has 1 rings (SSSR count). The molecule has 1 aliphatic heterocycles. The topological polar surface area (TPSA) is 0 Å². The van der Waals surface area contributed by atoms with Crippen LogP contribution in [0.1, 0.15) is 13.3 Å². The van der Waals surface area contributed by atoms with Gasteiger partial charge in [0.2, 0.25) is 0 Å². The summed E-state index contributed by atoms with van der Waals surface area (Å²) in [7, 11) is 0. The van der Waals surface area contributed by atoms with E-state index in [-0.39, 0.29) is 22.9 Å². The first-order valence-corrected chi connectivity index (χ1v) is 7.20. The summed E-state index contributed by atoms with van der Waals surface area (Å²) in [5.41, 5.74) is 0. The fourth-order valence-electron chi connectivity index (χ4n) is 0.753. The van der Waals surface area contributed by atoms with Gasteiger partial charge in [0.15, 0.2) is 0 Å². The summed E-state index contributed by atoms with van der Waals surface area (Å²) in [4.78, 5) is 0. The normalized spacial score (nSPS) is 30.5. The fraction of sp³-hybridized carbons (Fsp3) is 0.600. The van der Waals surface area contributed by atoms with Crippen molar-refractivity contribution in [3.63, 3.8) is 0 Å². The number of hydrogen-bond acceptors (Lipinski definition) is 0. The van der Waals surface area contributed by atoms with Crippen molar-refractivity contribution in [2.24, 2.45) is 0 Å². The van der Waals surface area contributed by atoms with Gasteiger partial charge in [-0.3, -0.25) is 0 Å². The Morgan fingerprint density at radius 2 is 2.67 bits per heavy atom. The molecule has 0 aromatic carbocycles. The van der Waals surface area contributed by atoms with E-state index in [9.17, 15) is 0 Å². The van der Waals surface area contributed by atoms with Gasteiger partial charge in [0.05, 0.1) is 0 Å². The molecule has 1 unspecified atom stereocenters. The molecule has 0 radical (unpaired) electrons. The summed E-state index contributed by atoms with van der Waals surface area (Å²) in [6, 6.07) is 0. The molecule has 0 aromatic heterocycles. The summed E-state index contributed by atoms with van der Waals surface area (Å²) in [6.07, 6.45) is 3.75. The van der Waals surface area contributed by atoms with Crippen molar-refractivity contribution in [2.75, 3.05) is 0 Å². The predicted molar refractivity (Wildman–Crippen MR) is 30.3 cm³/mol. The molecule has 32 valence electrons. The van der Waals surface area contributed by atoms with Crippen LogP contribution < -0.4 is 0 Å². The number of hydrogen-bond donors (Lipinski definition) is 0. The summed E-state index contributed by atoms with van der Waals surface area (Å²) in [5, 5.41) is 0. The van der Waals surface area contributed by atoms with Crippen LogP contribution in [-0.2, 0) is 0 Å². The van der Waals surface area contributed by atoms with Crippen molar-refractivity contribution < 1.29 is 0 Å². The minimum atomic E-state index is -0.234. The third-order valence-electron chi connectivity index (χ3n) is 1.24. The zero-order chi connectivity index (χ0) is 4.41. The van der Waals surface area contributed by atoms with Crippen LogP contribution in [0.2, 0.25) is 3.67 Å². The second-order valence-electron chi connectivity index (χ2n) is 2.05. The van der Waals surface area contributed by atoms with Crippen molar-refractivity contribution in [1.82, 2.24) is 0 Å². The van der Waals surface area contributed by atoms with E-state index < -0.39 is 0 Å².